The van der Waals surface area contributed by atoms with Crippen LogP contribution in [0.2, 0.25) is 0 Å². The molecule has 1 aromatic heterocycles. The van der Waals surface area contributed by atoms with Gasteiger partial charge in [-0.3, -0.25) is 14.7 Å². The average molecular weight is 293 g/mol. The fraction of sp³-hybridized carbons (Fsp3) is 0.667. The smallest absolute Gasteiger partial charge is 0.303 e. The van der Waals surface area contributed by atoms with Crippen molar-refractivity contribution in [3.8, 4) is 0 Å². The SMILES string of the molecule is CN(Cc1cn[nH]c1)C(=O)CC1(CC(=O)O)CCCCC1. The molecule has 0 spiro atoms. The predicted molar refractivity (Wildman–Crippen MR) is 77.4 cm³/mol. The van der Waals surface area contributed by atoms with Gasteiger partial charge in [0.05, 0.1) is 12.6 Å². The summed E-state index contributed by atoms with van der Waals surface area (Å²) in [6, 6.07) is 0. The molecule has 6 nitrogen and oxygen atoms in total. The van der Waals surface area contributed by atoms with E-state index in [2.05, 4.69) is 10.2 Å². The van der Waals surface area contributed by atoms with Crippen molar-refractivity contribution in [2.45, 2.75) is 51.5 Å². The Morgan fingerprint density at radius 2 is 2.05 bits per heavy atom. The van der Waals surface area contributed by atoms with Crippen LogP contribution in [0.25, 0.3) is 0 Å². The number of aliphatic carboxylic acids is 1. The maximum Gasteiger partial charge on any atom is 0.303 e. The van der Waals surface area contributed by atoms with Gasteiger partial charge in [0.15, 0.2) is 0 Å². The number of aromatic amines is 1. The minimum Gasteiger partial charge on any atom is -0.481 e. The number of H-pyrrole nitrogens is 1. The van der Waals surface area contributed by atoms with Crippen LogP contribution in [-0.2, 0) is 16.1 Å². The lowest BCUT2D eigenvalue weighted by Gasteiger charge is -2.36. The van der Waals surface area contributed by atoms with Gasteiger partial charge in [-0.15, -0.1) is 0 Å². The van der Waals surface area contributed by atoms with E-state index in [4.69, 9.17) is 5.11 Å². The molecule has 0 radical (unpaired) electrons. The first-order chi connectivity index (χ1) is 10.0. The number of hydrogen-bond acceptors (Lipinski definition) is 3. The molecule has 0 aromatic carbocycles. The minimum absolute atomic E-state index is 0.0133. The second-order valence-corrected chi connectivity index (χ2v) is 6.16. The van der Waals surface area contributed by atoms with E-state index < -0.39 is 5.97 Å². The average Bonchev–Trinajstić information content (AvgIpc) is 2.91. The third-order valence-corrected chi connectivity index (χ3v) is 4.37. The van der Waals surface area contributed by atoms with E-state index in [-0.39, 0.29) is 17.7 Å². The Labute approximate surface area is 124 Å². The highest BCUT2D eigenvalue weighted by Crippen LogP contribution is 2.42. The quantitative estimate of drug-likeness (QED) is 0.841. The highest BCUT2D eigenvalue weighted by molar-refractivity contribution is 5.78. The van der Waals surface area contributed by atoms with Crippen molar-refractivity contribution in [2.24, 2.45) is 5.41 Å². The number of hydrogen-bond donors (Lipinski definition) is 2. The zero-order valence-electron chi connectivity index (χ0n) is 12.5. The number of amides is 1. The first-order valence-corrected chi connectivity index (χ1v) is 7.44. The second kappa shape index (κ2) is 6.74. The Bertz CT molecular complexity index is 478. The summed E-state index contributed by atoms with van der Waals surface area (Å²) in [5.74, 6) is -0.790. The lowest BCUT2D eigenvalue weighted by molar-refractivity contribution is -0.142. The largest absolute Gasteiger partial charge is 0.481 e. The minimum atomic E-state index is -0.804. The van der Waals surface area contributed by atoms with Crippen molar-refractivity contribution in [1.29, 1.82) is 0 Å². The van der Waals surface area contributed by atoms with Crippen LogP contribution in [0, 0.1) is 5.41 Å². The van der Waals surface area contributed by atoms with E-state index in [1.807, 2.05) is 0 Å². The van der Waals surface area contributed by atoms with Crippen LogP contribution in [0.3, 0.4) is 0 Å². The number of carboxylic acid groups (broad SMARTS) is 1. The predicted octanol–water partition coefficient (Wildman–Crippen LogP) is 2.18. The molecule has 1 aliphatic rings. The van der Waals surface area contributed by atoms with Crippen molar-refractivity contribution in [3.05, 3.63) is 18.0 Å². The summed E-state index contributed by atoms with van der Waals surface area (Å²) in [6.45, 7) is 0.498. The molecule has 2 rings (SSSR count). The highest BCUT2D eigenvalue weighted by atomic mass is 16.4. The van der Waals surface area contributed by atoms with Crippen molar-refractivity contribution >= 4 is 11.9 Å². The molecular formula is C15H23N3O3. The standard InChI is InChI=1S/C15H23N3O3/c1-18(11-12-9-16-17-10-12)13(19)7-15(8-14(20)21)5-3-2-4-6-15/h9-10H,2-8,11H2,1H3,(H,16,17)(H,20,21). The first-order valence-electron chi connectivity index (χ1n) is 7.44. The molecule has 0 saturated heterocycles. The van der Waals surface area contributed by atoms with Gasteiger partial charge < -0.3 is 10.0 Å². The number of rotatable bonds is 6. The lowest BCUT2D eigenvalue weighted by atomic mass is 9.69. The molecule has 116 valence electrons. The first kappa shape index (κ1) is 15.5. The molecule has 1 saturated carbocycles. The van der Waals surface area contributed by atoms with E-state index in [1.165, 1.54) is 0 Å². The Kier molecular flexibility index (Phi) is 4.98. The van der Waals surface area contributed by atoms with E-state index in [1.54, 1.807) is 24.3 Å². The van der Waals surface area contributed by atoms with Crippen molar-refractivity contribution in [3.63, 3.8) is 0 Å². The Balaban J connectivity index is 1.98. The van der Waals surface area contributed by atoms with Crippen LogP contribution in [0.1, 0.15) is 50.5 Å². The Hall–Kier alpha value is -1.85. The Morgan fingerprint density at radius 3 is 2.62 bits per heavy atom. The molecule has 2 N–H and O–H groups in total. The molecule has 1 fully saturated rings. The van der Waals surface area contributed by atoms with Crippen molar-refractivity contribution in [1.82, 2.24) is 15.1 Å². The summed E-state index contributed by atoms with van der Waals surface area (Å²) in [6.07, 6.45) is 8.73. The molecule has 0 bridgehead atoms. The zero-order valence-corrected chi connectivity index (χ0v) is 12.5. The van der Waals surface area contributed by atoms with E-state index in [0.717, 1.165) is 37.7 Å². The highest BCUT2D eigenvalue weighted by Gasteiger charge is 2.37. The summed E-state index contributed by atoms with van der Waals surface area (Å²) in [5, 5.41) is 15.7. The number of aromatic nitrogens is 2. The normalized spacial score (nSPS) is 17.4. The van der Waals surface area contributed by atoms with Gasteiger partial charge in [-0.2, -0.15) is 5.10 Å². The monoisotopic (exact) mass is 293 g/mol. The number of nitrogens with one attached hydrogen (secondary N) is 1. The third kappa shape index (κ3) is 4.31. The van der Waals surface area contributed by atoms with Gasteiger partial charge >= 0.3 is 5.97 Å². The van der Waals surface area contributed by atoms with Crippen LogP contribution in [-0.4, -0.2) is 39.1 Å². The fourth-order valence-electron chi connectivity index (χ4n) is 3.22. The topological polar surface area (TPSA) is 86.3 Å². The van der Waals surface area contributed by atoms with Crippen molar-refractivity contribution in [2.75, 3.05) is 7.05 Å². The molecule has 0 atom stereocenters. The summed E-state index contributed by atoms with van der Waals surface area (Å²) < 4.78 is 0. The molecular weight excluding hydrogens is 270 g/mol. The van der Waals surface area contributed by atoms with Gasteiger partial charge in [-0.05, 0) is 18.3 Å². The maximum absolute atomic E-state index is 12.4. The van der Waals surface area contributed by atoms with Gasteiger partial charge in [0.25, 0.3) is 0 Å². The van der Waals surface area contributed by atoms with E-state index in [0.29, 0.717) is 13.0 Å². The van der Waals surface area contributed by atoms with Gasteiger partial charge in [0, 0.05) is 31.8 Å². The van der Waals surface area contributed by atoms with Gasteiger partial charge in [-0.25, -0.2) is 0 Å². The summed E-state index contributed by atoms with van der Waals surface area (Å²) in [7, 11) is 1.76. The molecule has 1 heterocycles. The number of carbonyl (C=O) groups excluding carboxylic acids is 1. The number of carboxylic acids is 1. The fourth-order valence-corrected chi connectivity index (χ4v) is 3.22. The molecule has 0 aliphatic heterocycles. The number of nitrogens with zero attached hydrogens (tertiary/aromatic N) is 2. The van der Waals surface area contributed by atoms with Crippen LogP contribution in [0.15, 0.2) is 12.4 Å². The van der Waals surface area contributed by atoms with Crippen LogP contribution < -0.4 is 0 Å². The lowest BCUT2D eigenvalue weighted by Crippen LogP contribution is -2.36. The van der Waals surface area contributed by atoms with Gasteiger partial charge in [0.2, 0.25) is 5.91 Å². The van der Waals surface area contributed by atoms with Crippen LogP contribution in [0.4, 0.5) is 0 Å². The number of carbonyl (C=O) groups is 2. The summed E-state index contributed by atoms with van der Waals surface area (Å²) >= 11 is 0. The molecule has 6 heteroatoms. The maximum atomic E-state index is 12.4. The third-order valence-electron chi connectivity index (χ3n) is 4.37. The summed E-state index contributed by atoms with van der Waals surface area (Å²) in [5.41, 5.74) is 0.591. The van der Waals surface area contributed by atoms with Crippen molar-refractivity contribution < 1.29 is 14.7 Å². The zero-order chi connectivity index (χ0) is 15.3. The molecule has 1 aromatic rings. The summed E-state index contributed by atoms with van der Waals surface area (Å²) in [4.78, 5) is 25.2. The van der Waals surface area contributed by atoms with Gasteiger partial charge in [-0.1, -0.05) is 19.3 Å². The van der Waals surface area contributed by atoms with E-state index in [9.17, 15) is 9.59 Å². The van der Waals surface area contributed by atoms with Gasteiger partial charge in [0.1, 0.15) is 0 Å². The van der Waals surface area contributed by atoms with Crippen LogP contribution >= 0.6 is 0 Å². The van der Waals surface area contributed by atoms with E-state index >= 15 is 0 Å². The second-order valence-electron chi connectivity index (χ2n) is 6.16. The molecule has 1 aliphatic carbocycles. The molecule has 21 heavy (non-hydrogen) atoms. The molecule has 1 amide bonds. The Morgan fingerprint density at radius 1 is 1.33 bits per heavy atom. The molecule has 0 unspecified atom stereocenters. The van der Waals surface area contributed by atoms with Crippen LogP contribution in [0.5, 0.6) is 0 Å².